The SMILES string of the molecule is CCc1nc(CCNC(=O)[C@H]2CNC[C@@H]2c2cnn(C)c2)sc1C. The van der Waals surface area contributed by atoms with Crippen molar-refractivity contribution in [2.45, 2.75) is 32.6 Å². The van der Waals surface area contributed by atoms with Crippen molar-refractivity contribution < 1.29 is 4.79 Å². The Morgan fingerprint density at radius 1 is 1.50 bits per heavy atom. The van der Waals surface area contributed by atoms with Gasteiger partial charge in [-0.3, -0.25) is 9.48 Å². The lowest BCUT2D eigenvalue weighted by atomic mass is 9.90. The Balaban J connectivity index is 1.54. The summed E-state index contributed by atoms with van der Waals surface area (Å²) in [6.45, 7) is 6.43. The highest BCUT2D eigenvalue weighted by Gasteiger charge is 2.34. The number of aromatic nitrogens is 3. The first kappa shape index (κ1) is 17.1. The number of nitrogens with zero attached hydrogens (tertiary/aromatic N) is 3. The molecule has 1 aliphatic heterocycles. The zero-order valence-corrected chi connectivity index (χ0v) is 15.3. The van der Waals surface area contributed by atoms with E-state index in [1.807, 2.05) is 19.4 Å². The summed E-state index contributed by atoms with van der Waals surface area (Å²) in [6.07, 6.45) is 5.63. The molecule has 2 aromatic rings. The van der Waals surface area contributed by atoms with Crippen LogP contribution in [0.5, 0.6) is 0 Å². The molecular weight excluding hydrogens is 322 g/mol. The maximum absolute atomic E-state index is 12.6. The topological polar surface area (TPSA) is 71.8 Å². The third kappa shape index (κ3) is 3.67. The van der Waals surface area contributed by atoms with E-state index in [2.05, 4.69) is 34.6 Å². The van der Waals surface area contributed by atoms with E-state index in [4.69, 9.17) is 0 Å². The summed E-state index contributed by atoms with van der Waals surface area (Å²) < 4.78 is 1.79. The number of nitrogens with one attached hydrogen (secondary N) is 2. The van der Waals surface area contributed by atoms with Gasteiger partial charge in [0.2, 0.25) is 5.91 Å². The minimum Gasteiger partial charge on any atom is -0.355 e. The van der Waals surface area contributed by atoms with Gasteiger partial charge >= 0.3 is 0 Å². The van der Waals surface area contributed by atoms with Gasteiger partial charge in [0, 0.05) is 50.1 Å². The summed E-state index contributed by atoms with van der Waals surface area (Å²) in [5.41, 5.74) is 2.31. The van der Waals surface area contributed by atoms with E-state index in [0.29, 0.717) is 6.54 Å². The Labute approximate surface area is 146 Å². The smallest absolute Gasteiger partial charge is 0.225 e. The number of amides is 1. The predicted octanol–water partition coefficient (Wildman–Crippen LogP) is 1.41. The van der Waals surface area contributed by atoms with Gasteiger partial charge in [-0.25, -0.2) is 4.98 Å². The maximum Gasteiger partial charge on any atom is 0.225 e. The highest BCUT2D eigenvalue weighted by molar-refractivity contribution is 7.11. The zero-order chi connectivity index (χ0) is 17.1. The van der Waals surface area contributed by atoms with Crippen LogP contribution in [-0.4, -0.2) is 40.3 Å². The van der Waals surface area contributed by atoms with Gasteiger partial charge in [0.1, 0.15) is 0 Å². The van der Waals surface area contributed by atoms with Crippen LogP contribution < -0.4 is 10.6 Å². The van der Waals surface area contributed by atoms with E-state index in [1.165, 1.54) is 10.6 Å². The highest BCUT2D eigenvalue weighted by Crippen LogP contribution is 2.27. The van der Waals surface area contributed by atoms with E-state index >= 15 is 0 Å². The molecule has 3 rings (SSSR count). The van der Waals surface area contributed by atoms with Gasteiger partial charge in [0.05, 0.1) is 22.8 Å². The van der Waals surface area contributed by atoms with Crippen LogP contribution in [0.25, 0.3) is 0 Å². The molecule has 7 heteroatoms. The number of hydrogen-bond acceptors (Lipinski definition) is 5. The Morgan fingerprint density at radius 3 is 3.00 bits per heavy atom. The van der Waals surface area contributed by atoms with Crippen LogP contribution in [0.4, 0.5) is 0 Å². The third-order valence-corrected chi connectivity index (χ3v) is 5.69. The monoisotopic (exact) mass is 347 g/mol. The molecule has 0 radical (unpaired) electrons. The molecule has 0 bridgehead atoms. The van der Waals surface area contributed by atoms with Crippen LogP contribution in [0.2, 0.25) is 0 Å². The standard InChI is InChI=1S/C17H25N5OS/c1-4-15-11(2)24-16(21-15)5-6-19-17(23)14-9-18-8-13(14)12-7-20-22(3)10-12/h7,10,13-14,18H,4-6,8-9H2,1-3H3,(H,19,23)/t13-,14+/m1/s1. The van der Waals surface area contributed by atoms with Crippen molar-refractivity contribution in [3.8, 4) is 0 Å². The first-order chi connectivity index (χ1) is 11.6. The molecule has 6 nitrogen and oxygen atoms in total. The van der Waals surface area contributed by atoms with Crippen LogP contribution in [0.3, 0.4) is 0 Å². The third-order valence-electron chi connectivity index (χ3n) is 4.61. The molecule has 0 unspecified atom stereocenters. The molecule has 0 aliphatic carbocycles. The fourth-order valence-electron chi connectivity index (χ4n) is 3.28. The molecule has 0 saturated carbocycles. The summed E-state index contributed by atoms with van der Waals surface area (Å²) in [5.74, 6) is 0.295. The predicted molar refractivity (Wildman–Crippen MR) is 95.3 cm³/mol. The number of carbonyl (C=O) groups excluding carboxylic acids is 1. The number of aryl methyl sites for hydroxylation is 3. The average Bonchev–Trinajstić information content (AvgIpc) is 3.26. The van der Waals surface area contributed by atoms with Gasteiger partial charge < -0.3 is 10.6 Å². The molecule has 2 atom stereocenters. The summed E-state index contributed by atoms with van der Waals surface area (Å²) in [7, 11) is 1.90. The van der Waals surface area contributed by atoms with Crippen molar-refractivity contribution in [2.24, 2.45) is 13.0 Å². The molecule has 0 spiro atoms. The minimum absolute atomic E-state index is 0.0292. The molecule has 1 amide bonds. The fraction of sp³-hybridized carbons (Fsp3) is 0.588. The first-order valence-electron chi connectivity index (χ1n) is 8.50. The van der Waals surface area contributed by atoms with Gasteiger partial charge in [-0.15, -0.1) is 11.3 Å². The average molecular weight is 347 g/mol. The lowest BCUT2D eigenvalue weighted by Crippen LogP contribution is -2.35. The van der Waals surface area contributed by atoms with E-state index in [1.54, 1.807) is 16.0 Å². The Morgan fingerprint density at radius 2 is 2.33 bits per heavy atom. The van der Waals surface area contributed by atoms with Gasteiger partial charge in [0.25, 0.3) is 0 Å². The lowest BCUT2D eigenvalue weighted by molar-refractivity contribution is -0.124. The van der Waals surface area contributed by atoms with Crippen molar-refractivity contribution >= 4 is 17.2 Å². The van der Waals surface area contributed by atoms with Crippen LogP contribution in [0, 0.1) is 12.8 Å². The first-order valence-corrected chi connectivity index (χ1v) is 9.32. The van der Waals surface area contributed by atoms with E-state index in [0.717, 1.165) is 36.5 Å². The van der Waals surface area contributed by atoms with Gasteiger partial charge in [-0.1, -0.05) is 6.92 Å². The summed E-state index contributed by atoms with van der Waals surface area (Å²) in [4.78, 5) is 18.5. The molecule has 1 aliphatic rings. The fourth-order valence-corrected chi connectivity index (χ4v) is 4.30. The second-order valence-corrected chi connectivity index (χ2v) is 7.61. The molecule has 3 heterocycles. The van der Waals surface area contributed by atoms with E-state index in [9.17, 15) is 4.79 Å². The van der Waals surface area contributed by atoms with Gasteiger partial charge in [-0.05, 0) is 18.9 Å². The number of carbonyl (C=O) groups is 1. The molecule has 24 heavy (non-hydrogen) atoms. The van der Waals surface area contributed by atoms with Crippen molar-refractivity contribution in [1.29, 1.82) is 0 Å². The Bertz CT molecular complexity index is 708. The summed E-state index contributed by atoms with van der Waals surface area (Å²) in [6, 6.07) is 0. The second kappa shape index (κ2) is 7.44. The molecule has 0 aromatic carbocycles. The van der Waals surface area contributed by atoms with Gasteiger partial charge in [0.15, 0.2) is 0 Å². The quantitative estimate of drug-likeness (QED) is 0.829. The van der Waals surface area contributed by atoms with E-state index in [-0.39, 0.29) is 17.7 Å². The zero-order valence-electron chi connectivity index (χ0n) is 14.5. The van der Waals surface area contributed by atoms with Crippen molar-refractivity contribution in [1.82, 2.24) is 25.4 Å². The molecule has 2 aromatic heterocycles. The molecular formula is C17H25N5OS. The van der Waals surface area contributed by atoms with Crippen LogP contribution in [-0.2, 0) is 24.7 Å². The van der Waals surface area contributed by atoms with Crippen molar-refractivity contribution in [3.05, 3.63) is 33.5 Å². The number of hydrogen-bond donors (Lipinski definition) is 2. The normalized spacial score (nSPS) is 20.5. The highest BCUT2D eigenvalue weighted by atomic mass is 32.1. The van der Waals surface area contributed by atoms with Crippen molar-refractivity contribution in [2.75, 3.05) is 19.6 Å². The van der Waals surface area contributed by atoms with Crippen LogP contribution in [0.1, 0.15) is 34.0 Å². The number of rotatable bonds is 6. The summed E-state index contributed by atoms with van der Waals surface area (Å²) in [5, 5.41) is 11.8. The molecule has 1 saturated heterocycles. The van der Waals surface area contributed by atoms with Crippen molar-refractivity contribution in [3.63, 3.8) is 0 Å². The Hall–Kier alpha value is -1.73. The number of thiazole rings is 1. The lowest BCUT2D eigenvalue weighted by Gasteiger charge is -2.16. The minimum atomic E-state index is -0.0292. The largest absolute Gasteiger partial charge is 0.355 e. The maximum atomic E-state index is 12.6. The second-order valence-electron chi connectivity index (χ2n) is 6.32. The molecule has 130 valence electrons. The molecule has 1 fully saturated rings. The van der Waals surface area contributed by atoms with Gasteiger partial charge in [-0.2, -0.15) is 5.10 Å². The van der Waals surface area contributed by atoms with Crippen LogP contribution >= 0.6 is 11.3 Å². The summed E-state index contributed by atoms with van der Waals surface area (Å²) >= 11 is 1.74. The molecule has 2 N–H and O–H groups in total. The van der Waals surface area contributed by atoms with E-state index < -0.39 is 0 Å². The van der Waals surface area contributed by atoms with Crippen LogP contribution in [0.15, 0.2) is 12.4 Å². The Kier molecular flexibility index (Phi) is 5.30.